The summed E-state index contributed by atoms with van der Waals surface area (Å²) in [6, 6.07) is 6.61. The van der Waals surface area contributed by atoms with Crippen molar-refractivity contribution in [2.75, 3.05) is 33.0 Å². The minimum Gasteiger partial charge on any atom is -0.493 e. The van der Waals surface area contributed by atoms with Gasteiger partial charge in [-0.3, -0.25) is 9.59 Å². The lowest BCUT2D eigenvalue weighted by Crippen LogP contribution is -2.61. The molecule has 2 N–H and O–H groups in total. The standard InChI is InChI=1S/C25H43N3O3S/c1-17(2)16-28(9)23(30)21(24(3,4)5)27-22(29)20(26-8)25(6,7)18-11-10-12-19(15-18)31-13-14-32/h10-12,15,17,20-21,26,32H,13-14,16H2,1-9H3,(H,27,29). The molecule has 0 fully saturated rings. The monoisotopic (exact) mass is 465 g/mol. The second-order valence-electron chi connectivity index (χ2n) is 10.5. The molecule has 2 atom stereocenters. The molecule has 0 aliphatic carbocycles. The van der Waals surface area contributed by atoms with Crippen molar-refractivity contribution in [2.45, 2.75) is 66.0 Å². The fourth-order valence-electron chi connectivity index (χ4n) is 3.87. The maximum Gasteiger partial charge on any atom is 0.245 e. The van der Waals surface area contributed by atoms with Crippen LogP contribution < -0.4 is 15.4 Å². The Hall–Kier alpha value is -1.73. The number of ether oxygens (including phenoxy) is 1. The number of carbonyl (C=O) groups is 2. The molecule has 0 aliphatic rings. The SMILES string of the molecule is CNC(C(=O)NC(C(=O)N(C)CC(C)C)C(C)(C)C)C(C)(C)c1cccc(OCCS)c1. The number of amides is 2. The third kappa shape index (κ3) is 7.69. The minimum absolute atomic E-state index is 0.0747. The van der Waals surface area contributed by atoms with Crippen LogP contribution in [0.15, 0.2) is 24.3 Å². The Morgan fingerprint density at radius 3 is 2.25 bits per heavy atom. The first kappa shape index (κ1) is 28.3. The zero-order valence-corrected chi connectivity index (χ0v) is 22.2. The average molecular weight is 466 g/mol. The highest BCUT2D eigenvalue weighted by Crippen LogP contribution is 2.31. The fourth-order valence-corrected chi connectivity index (χ4v) is 3.96. The number of hydrogen-bond donors (Lipinski definition) is 3. The van der Waals surface area contributed by atoms with E-state index in [9.17, 15) is 9.59 Å². The Bertz CT molecular complexity index is 759. The first-order valence-corrected chi connectivity index (χ1v) is 12.0. The van der Waals surface area contributed by atoms with Gasteiger partial charge in [-0.1, -0.05) is 60.6 Å². The number of nitrogens with zero attached hydrogens (tertiary/aromatic N) is 1. The van der Waals surface area contributed by atoms with Crippen molar-refractivity contribution in [3.05, 3.63) is 29.8 Å². The molecule has 2 unspecified atom stereocenters. The third-order valence-corrected chi connectivity index (χ3v) is 5.81. The first-order valence-electron chi connectivity index (χ1n) is 11.3. The number of benzene rings is 1. The summed E-state index contributed by atoms with van der Waals surface area (Å²) in [5, 5.41) is 6.22. The number of rotatable bonds is 11. The molecule has 2 amide bonds. The quantitative estimate of drug-likeness (QED) is 0.438. The Labute approximate surface area is 200 Å². The normalized spacial score (nSPS) is 14.1. The Morgan fingerprint density at radius 1 is 1.12 bits per heavy atom. The molecule has 1 aromatic rings. The molecule has 6 nitrogen and oxygen atoms in total. The van der Waals surface area contributed by atoms with Crippen LogP contribution in [0, 0.1) is 11.3 Å². The number of hydrogen-bond acceptors (Lipinski definition) is 5. The van der Waals surface area contributed by atoms with Crippen LogP contribution in [0.1, 0.15) is 54.0 Å². The van der Waals surface area contributed by atoms with E-state index in [2.05, 4.69) is 37.1 Å². The van der Waals surface area contributed by atoms with E-state index in [0.29, 0.717) is 24.8 Å². The molecule has 7 heteroatoms. The van der Waals surface area contributed by atoms with Crippen LogP contribution in [0.2, 0.25) is 0 Å². The van der Waals surface area contributed by atoms with Crippen molar-refractivity contribution < 1.29 is 14.3 Å². The summed E-state index contributed by atoms with van der Waals surface area (Å²) >= 11 is 4.19. The minimum atomic E-state index is -0.629. The predicted molar refractivity (Wildman–Crippen MR) is 136 cm³/mol. The zero-order chi connectivity index (χ0) is 24.7. The van der Waals surface area contributed by atoms with Crippen LogP contribution in [0.25, 0.3) is 0 Å². The molecule has 1 aromatic carbocycles. The van der Waals surface area contributed by atoms with E-state index >= 15 is 0 Å². The summed E-state index contributed by atoms with van der Waals surface area (Å²) in [4.78, 5) is 28.4. The zero-order valence-electron chi connectivity index (χ0n) is 21.3. The third-order valence-electron chi connectivity index (χ3n) is 5.63. The highest BCUT2D eigenvalue weighted by Gasteiger charge is 2.40. The topological polar surface area (TPSA) is 70.7 Å². The van der Waals surface area contributed by atoms with Crippen LogP contribution in [-0.4, -0.2) is 61.8 Å². The molecule has 0 spiro atoms. The fraction of sp³-hybridized carbons (Fsp3) is 0.680. The molecule has 0 saturated heterocycles. The number of likely N-dealkylation sites (N-methyl/N-ethyl adjacent to an activating group) is 2. The van der Waals surface area contributed by atoms with Crippen molar-refractivity contribution in [2.24, 2.45) is 11.3 Å². The molecule has 0 aliphatic heterocycles. The second kappa shape index (κ2) is 11.9. The highest BCUT2D eigenvalue weighted by molar-refractivity contribution is 7.80. The van der Waals surface area contributed by atoms with Gasteiger partial charge in [0.2, 0.25) is 11.8 Å². The van der Waals surface area contributed by atoms with Gasteiger partial charge >= 0.3 is 0 Å². The Balaban J connectivity index is 3.16. The summed E-state index contributed by atoms with van der Waals surface area (Å²) < 4.78 is 5.72. The van der Waals surface area contributed by atoms with E-state index < -0.39 is 22.9 Å². The van der Waals surface area contributed by atoms with Crippen molar-refractivity contribution in [1.82, 2.24) is 15.5 Å². The maximum atomic E-state index is 13.5. The van der Waals surface area contributed by atoms with Gasteiger partial charge in [0.25, 0.3) is 0 Å². The van der Waals surface area contributed by atoms with Gasteiger partial charge in [-0.05, 0) is 36.1 Å². The van der Waals surface area contributed by atoms with Gasteiger partial charge in [-0.15, -0.1) is 0 Å². The van der Waals surface area contributed by atoms with Crippen LogP contribution in [-0.2, 0) is 15.0 Å². The van der Waals surface area contributed by atoms with Crippen molar-refractivity contribution in [3.63, 3.8) is 0 Å². The molecule has 0 radical (unpaired) electrons. The molecular weight excluding hydrogens is 422 g/mol. The predicted octanol–water partition coefficient (Wildman–Crippen LogP) is 3.51. The summed E-state index contributed by atoms with van der Waals surface area (Å²) in [5.41, 5.74) is -0.00516. The van der Waals surface area contributed by atoms with Gasteiger partial charge in [-0.2, -0.15) is 12.6 Å². The van der Waals surface area contributed by atoms with Crippen LogP contribution in [0.5, 0.6) is 5.75 Å². The lowest BCUT2D eigenvalue weighted by atomic mass is 9.76. The van der Waals surface area contributed by atoms with Gasteiger partial charge in [-0.25, -0.2) is 0 Å². The van der Waals surface area contributed by atoms with Crippen molar-refractivity contribution in [3.8, 4) is 5.75 Å². The van der Waals surface area contributed by atoms with E-state index in [1.54, 1.807) is 19.0 Å². The largest absolute Gasteiger partial charge is 0.493 e. The van der Waals surface area contributed by atoms with Crippen LogP contribution >= 0.6 is 12.6 Å². The summed E-state index contributed by atoms with van der Waals surface area (Å²) in [6.45, 7) is 15.3. The van der Waals surface area contributed by atoms with Crippen LogP contribution in [0.3, 0.4) is 0 Å². The van der Waals surface area contributed by atoms with E-state index in [0.717, 1.165) is 11.3 Å². The highest BCUT2D eigenvalue weighted by atomic mass is 32.1. The Kier molecular flexibility index (Phi) is 10.6. The first-order chi connectivity index (χ1) is 14.7. The molecular formula is C25H43N3O3S. The molecule has 182 valence electrons. The van der Waals surface area contributed by atoms with Crippen LogP contribution in [0.4, 0.5) is 0 Å². The molecule has 0 saturated carbocycles. The van der Waals surface area contributed by atoms with Gasteiger partial charge in [0, 0.05) is 24.8 Å². The summed E-state index contributed by atoms with van der Waals surface area (Å²) in [6.07, 6.45) is 0. The van der Waals surface area contributed by atoms with E-state index in [4.69, 9.17) is 4.74 Å². The lowest BCUT2D eigenvalue weighted by molar-refractivity contribution is -0.139. The molecule has 0 heterocycles. The molecule has 32 heavy (non-hydrogen) atoms. The number of nitrogens with one attached hydrogen (secondary N) is 2. The molecule has 0 bridgehead atoms. The van der Waals surface area contributed by atoms with Crippen molar-refractivity contribution >= 4 is 24.4 Å². The second-order valence-corrected chi connectivity index (χ2v) is 10.9. The average Bonchev–Trinajstić information content (AvgIpc) is 2.69. The maximum absolute atomic E-state index is 13.5. The molecule has 0 aromatic heterocycles. The van der Waals surface area contributed by atoms with E-state index in [-0.39, 0.29) is 11.8 Å². The van der Waals surface area contributed by atoms with E-state index in [1.165, 1.54) is 0 Å². The lowest BCUT2D eigenvalue weighted by Gasteiger charge is -2.38. The Morgan fingerprint density at radius 2 is 1.75 bits per heavy atom. The van der Waals surface area contributed by atoms with E-state index in [1.807, 2.05) is 58.9 Å². The van der Waals surface area contributed by atoms with Crippen molar-refractivity contribution in [1.29, 1.82) is 0 Å². The number of thiol groups is 1. The molecule has 1 rings (SSSR count). The smallest absolute Gasteiger partial charge is 0.245 e. The van der Waals surface area contributed by atoms with Gasteiger partial charge in [0.05, 0.1) is 12.6 Å². The van der Waals surface area contributed by atoms with Gasteiger partial charge in [0.1, 0.15) is 11.8 Å². The number of carbonyl (C=O) groups excluding carboxylic acids is 2. The summed E-state index contributed by atoms with van der Waals surface area (Å²) in [5.74, 6) is 1.45. The summed E-state index contributed by atoms with van der Waals surface area (Å²) in [7, 11) is 3.56. The van der Waals surface area contributed by atoms with Gasteiger partial charge < -0.3 is 20.3 Å². The van der Waals surface area contributed by atoms with Gasteiger partial charge in [0.15, 0.2) is 0 Å².